The second-order valence-electron chi connectivity index (χ2n) is 6.40. The normalized spacial score (nSPS) is 11.2. The fraction of sp³-hybridized carbons (Fsp3) is 0.556. The SMILES string of the molecule is CCNC(=NCc1cccc(OC)c1)NCCNC(=O)OC(C)(C)C.I. The van der Waals surface area contributed by atoms with Crippen LogP contribution >= 0.6 is 24.0 Å². The van der Waals surface area contributed by atoms with Crippen molar-refractivity contribution >= 4 is 36.0 Å². The van der Waals surface area contributed by atoms with E-state index in [-0.39, 0.29) is 24.0 Å². The highest BCUT2D eigenvalue weighted by atomic mass is 127. The Kier molecular flexibility index (Phi) is 11.8. The van der Waals surface area contributed by atoms with Crippen molar-refractivity contribution in [2.75, 3.05) is 26.7 Å². The molecule has 26 heavy (non-hydrogen) atoms. The number of halogens is 1. The van der Waals surface area contributed by atoms with Gasteiger partial charge in [0.05, 0.1) is 13.7 Å². The fourth-order valence-electron chi connectivity index (χ4n) is 1.94. The van der Waals surface area contributed by atoms with Gasteiger partial charge in [-0.25, -0.2) is 9.79 Å². The van der Waals surface area contributed by atoms with Crippen LogP contribution in [0.2, 0.25) is 0 Å². The van der Waals surface area contributed by atoms with E-state index in [1.165, 1.54) is 0 Å². The van der Waals surface area contributed by atoms with Gasteiger partial charge in [-0.2, -0.15) is 0 Å². The van der Waals surface area contributed by atoms with Gasteiger partial charge < -0.3 is 25.4 Å². The number of carbonyl (C=O) groups excluding carboxylic acids is 1. The van der Waals surface area contributed by atoms with Crippen LogP contribution in [0.1, 0.15) is 33.3 Å². The average Bonchev–Trinajstić information content (AvgIpc) is 2.55. The number of methoxy groups -OCH3 is 1. The Morgan fingerprint density at radius 3 is 2.46 bits per heavy atom. The molecule has 0 spiro atoms. The van der Waals surface area contributed by atoms with Gasteiger partial charge in [-0.05, 0) is 45.4 Å². The topological polar surface area (TPSA) is 84.0 Å². The molecule has 0 heterocycles. The molecule has 0 bridgehead atoms. The highest BCUT2D eigenvalue weighted by molar-refractivity contribution is 14.0. The monoisotopic (exact) mass is 478 g/mol. The lowest BCUT2D eigenvalue weighted by Crippen LogP contribution is -2.42. The first-order valence-corrected chi connectivity index (χ1v) is 8.46. The van der Waals surface area contributed by atoms with E-state index >= 15 is 0 Å². The van der Waals surface area contributed by atoms with E-state index in [0.29, 0.717) is 25.6 Å². The lowest BCUT2D eigenvalue weighted by Gasteiger charge is -2.19. The molecule has 1 amide bonds. The second kappa shape index (κ2) is 12.6. The molecule has 0 fully saturated rings. The van der Waals surface area contributed by atoms with Crippen molar-refractivity contribution in [2.24, 2.45) is 4.99 Å². The number of ether oxygens (including phenoxy) is 2. The summed E-state index contributed by atoms with van der Waals surface area (Å²) in [5.41, 5.74) is 0.563. The number of carbonyl (C=O) groups is 1. The van der Waals surface area contributed by atoms with E-state index in [1.54, 1.807) is 7.11 Å². The van der Waals surface area contributed by atoms with Crippen LogP contribution in [0.3, 0.4) is 0 Å². The van der Waals surface area contributed by atoms with Crippen molar-refractivity contribution in [3.8, 4) is 5.75 Å². The van der Waals surface area contributed by atoms with Gasteiger partial charge in [-0.15, -0.1) is 24.0 Å². The van der Waals surface area contributed by atoms with Crippen LogP contribution in [-0.2, 0) is 11.3 Å². The Bertz CT molecular complexity index is 574. The second-order valence-corrected chi connectivity index (χ2v) is 6.40. The molecule has 8 heteroatoms. The van der Waals surface area contributed by atoms with E-state index in [1.807, 2.05) is 52.0 Å². The Morgan fingerprint density at radius 1 is 1.15 bits per heavy atom. The third-order valence-corrected chi connectivity index (χ3v) is 2.98. The molecule has 0 aliphatic heterocycles. The quantitative estimate of drug-likeness (QED) is 0.243. The summed E-state index contributed by atoms with van der Waals surface area (Å²) < 4.78 is 10.4. The average molecular weight is 478 g/mol. The Hall–Kier alpha value is -1.71. The van der Waals surface area contributed by atoms with Gasteiger partial charge in [-0.3, -0.25) is 0 Å². The highest BCUT2D eigenvalue weighted by Gasteiger charge is 2.15. The summed E-state index contributed by atoms with van der Waals surface area (Å²) >= 11 is 0. The third-order valence-electron chi connectivity index (χ3n) is 2.98. The molecule has 0 unspecified atom stereocenters. The van der Waals surface area contributed by atoms with E-state index in [2.05, 4.69) is 20.9 Å². The Labute approximate surface area is 173 Å². The lowest BCUT2D eigenvalue weighted by molar-refractivity contribution is 0.0529. The Balaban J connectivity index is 0.00000625. The van der Waals surface area contributed by atoms with Crippen molar-refractivity contribution in [3.63, 3.8) is 0 Å². The molecular formula is C18H31IN4O3. The van der Waals surface area contributed by atoms with Crippen molar-refractivity contribution in [2.45, 2.75) is 39.8 Å². The van der Waals surface area contributed by atoms with Crippen LogP contribution in [-0.4, -0.2) is 44.4 Å². The number of alkyl carbamates (subject to hydrolysis) is 1. The van der Waals surface area contributed by atoms with Gasteiger partial charge in [0, 0.05) is 19.6 Å². The zero-order valence-corrected chi connectivity index (χ0v) is 18.5. The summed E-state index contributed by atoms with van der Waals surface area (Å²) in [5, 5.41) is 9.05. The minimum absolute atomic E-state index is 0. The summed E-state index contributed by atoms with van der Waals surface area (Å²) in [6.07, 6.45) is -0.423. The van der Waals surface area contributed by atoms with Crippen molar-refractivity contribution in [1.82, 2.24) is 16.0 Å². The number of aliphatic imine (C=N–C) groups is 1. The number of hydrogen-bond acceptors (Lipinski definition) is 4. The van der Waals surface area contributed by atoms with E-state index < -0.39 is 11.7 Å². The molecular weight excluding hydrogens is 447 g/mol. The largest absolute Gasteiger partial charge is 0.497 e. The number of benzene rings is 1. The molecule has 7 nitrogen and oxygen atoms in total. The molecule has 0 saturated heterocycles. The minimum Gasteiger partial charge on any atom is -0.497 e. The third kappa shape index (κ3) is 11.0. The molecule has 0 saturated carbocycles. The van der Waals surface area contributed by atoms with Crippen LogP contribution in [0.25, 0.3) is 0 Å². The number of rotatable bonds is 7. The highest BCUT2D eigenvalue weighted by Crippen LogP contribution is 2.13. The smallest absolute Gasteiger partial charge is 0.407 e. The predicted octanol–water partition coefficient (Wildman–Crippen LogP) is 2.89. The standard InChI is InChI=1S/C18H30N4O3.HI/c1-6-19-16(20-10-11-21-17(23)25-18(2,3)4)22-13-14-8-7-9-15(12-14)24-5;/h7-9,12H,6,10-11,13H2,1-5H3,(H,21,23)(H2,19,20,22);1H. The van der Waals surface area contributed by atoms with E-state index in [0.717, 1.165) is 17.9 Å². The number of hydrogen-bond donors (Lipinski definition) is 3. The molecule has 3 N–H and O–H groups in total. The summed E-state index contributed by atoms with van der Waals surface area (Å²) in [6.45, 7) is 9.77. The molecule has 0 aliphatic rings. The van der Waals surface area contributed by atoms with Gasteiger partial charge in [-0.1, -0.05) is 12.1 Å². The maximum absolute atomic E-state index is 11.6. The lowest BCUT2D eigenvalue weighted by atomic mass is 10.2. The van der Waals surface area contributed by atoms with Crippen LogP contribution in [0.4, 0.5) is 4.79 Å². The van der Waals surface area contributed by atoms with Crippen LogP contribution in [0.15, 0.2) is 29.3 Å². The Morgan fingerprint density at radius 2 is 1.85 bits per heavy atom. The molecule has 1 rings (SSSR count). The predicted molar refractivity (Wildman–Crippen MR) is 115 cm³/mol. The van der Waals surface area contributed by atoms with Gasteiger partial charge >= 0.3 is 6.09 Å². The maximum atomic E-state index is 11.6. The number of guanidine groups is 1. The molecule has 1 aromatic carbocycles. The number of nitrogens with zero attached hydrogens (tertiary/aromatic N) is 1. The van der Waals surface area contributed by atoms with Crippen molar-refractivity contribution in [3.05, 3.63) is 29.8 Å². The fourth-order valence-corrected chi connectivity index (χ4v) is 1.94. The summed E-state index contributed by atoms with van der Waals surface area (Å²) in [7, 11) is 1.64. The van der Waals surface area contributed by atoms with Gasteiger partial charge in [0.1, 0.15) is 11.4 Å². The first-order valence-electron chi connectivity index (χ1n) is 8.46. The molecule has 0 aromatic heterocycles. The summed E-state index contributed by atoms with van der Waals surface area (Å²) in [4.78, 5) is 16.1. The number of amides is 1. The van der Waals surface area contributed by atoms with Gasteiger partial charge in [0.15, 0.2) is 5.96 Å². The first kappa shape index (κ1) is 24.3. The summed E-state index contributed by atoms with van der Waals surface area (Å²) in [6, 6.07) is 7.80. The van der Waals surface area contributed by atoms with Crippen molar-refractivity contribution < 1.29 is 14.3 Å². The number of nitrogens with one attached hydrogen (secondary N) is 3. The van der Waals surface area contributed by atoms with Gasteiger partial charge in [0.25, 0.3) is 0 Å². The summed E-state index contributed by atoms with van der Waals surface area (Å²) in [5.74, 6) is 1.50. The van der Waals surface area contributed by atoms with Gasteiger partial charge in [0.2, 0.25) is 0 Å². The zero-order valence-electron chi connectivity index (χ0n) is 16.2. The maximum Gasteiger partial charge on any atom is 0.407 e. The van der Waals surface area contributed by atoms with Crippen molar-refractivity contribution in [1.29, 1.82) is 0 Å². The van der Waals surface area contributed by atoms with Crippen LogP contribution < -0.4 is 20.7 Å². The van der Waals surface area contributed by atoms with E-state index in [4.69, 9.17) is 9.47 Å². The first-order chi connectivity index (χ1) is 11.8. The zero-order chi connectivity index (χ0) is 18.7. The molecule has 0 radical (unpaired) electrons. The van der Waals surface area contributed by atoms with Crippen LogP contribution in [0, 0.1) is 0 Å². The molecule has 148 valence electrons. The van der Waals surface area contributed by atoms with Crippen LogP contribution in [0.5, 0.6) is 5.75 Å². The molecule has 1 aromatic rings. The minimum atomic E-state index is -0.495. The molecule has 0 atom stereocenters. The molecule has 0 aliphatic carbocycles. The van der Waals surface area contributed by atoms with E-state index in [9.17, 15) is 4.79 Å².